The molecule has 0 aliphatic carbocycles. The monoisotopic (exact) mass is 267 g/mol. The Hall–Kier alpha value is -2.20. The Kier molecular flexibility index (Phi) is 3.74. The molecule has 102 valence electrons. The summed E-state index contributed by atoms with van der Waals surface area (Å²) < 4.78 is 0. The first-order valence-corrected chi connectivity index (χ1v) is 6.84. The second-order valence-corrected chi connectivity index (χ2v) is 4.90. The van der Waals surface area contributed by atoms with Crippen LogP contribution < -0.4 is 10.6 Å². The highest BCUT2D eigenvalue weighted by molar-refractivity contribution is 5.83. The number of amides is 1. The van der Waals surface area contributed by atoms with Crippen molar-refractivity contribution in [3.63, 3.8) is 0 Å². The molecular weight excluding hydrogens is 250 g/mol. The maximum absolute atomic E-state index is 11.9. The molecule has 1 aromatic heterocycles. The average molecular weight is 267 g/mol. The van der Waals surface area contributed by atoms with Crippen LogP contribution in [0, 0.1) is 0 Å². The number of pyridine rings is 1. The molecule has 1 aliphatic rings. The maximum atomic E-state index is 11.9. The minimum absolute atomic E-state index is 0.0808. The van der Waals surface area contributed by atoms with Gasteiger partial charge < -0.3 is 10.6 Å². The van der Waals surface area contributed by atoms with Crippen molar-refractivity contribution in [3.8, 4) is 11.1 Å². The summed E-state index contributed by atoms with van der Waals surface area (Å²) in [4.78, 5) is 16.0. The van der Waals surface area contributed by atoms with Crippen LogP contribution in [0.15, 0.2) is 48.8 Å². The number of carbonyl (C=O) groups excluding carboxylic acids is 1. The molecule has 0 saturated carbocycles. The first-order chi connectivity index (χ1) is 9.84. The molecule has 0 radical (unpaired) electrons. The van der Waals surface area contributed by atoms with Gasteiger partial charge in [0.15, 0.2) is 0 Å². The molecule has 1 amide bonds. The number of nitrogens with one attached hydrogen (secondary N) is 2. The SMILES string of the molecule is O=C1NCCN[C@@H]1Cc1ccccc1-c1cccnc1. The lowest BCUT2D eigenvalue weighted by Crippen LogP contribution is -2.53. The van der Waals surface area contributed by atoms with Crippen molar-refractivity contribution in [3.05, 3.63) is 54.4 Å². The van der Waals surface area contributed by atoms with Gasteiger partial charge in [0.25, 0.3) is 0 Å². The molecule has 1 fully saturated rings. The van der Waals surface area contributed by atoms with Gasteiger partial charge in [-0.05, 0) is 23.6 Å². The number of benzene rings is 1. The predicted molar refractivity (Wildman–Crippen MR) is 78.2 cm³/mol. The molecule has 1 saturated heterocycles. The van der Waals surface area contributed by atoms with E-state index in [1.54, 1.807) is 6.20 Å². The highest BCUT2D eigenvalue weighted by Crippen LogP contribution is 2.23. The Morgan fingerprint density at radius 2 is 2.05 bits per heavy atom. The molecule has 1 aliphatic heterocycles. The molecular formula is C16H17N3O. The third-order valence-corrected chi connectivity index (χ3v) is 3.55. The highest BCUT2D eigenvalue weighted by atomic mass is 16.2. The van der Waals surface area contributed by atoms with Crippen molar-refractivity contribution >= 4 is 5.91 Å². The lowest BCUT2D eigenvalue weighted by atomic mass is 9.95. The molecule has 2 aromatic rings. The molecule has 1 atom stereocenters. The Balaban J connectivity index is 1.88. The molecule has 0 bridgehead atoms. The van der Waals surface area contributed by atoms with Crippen LogP contribution in [0.25, 0.3) is 11.1 Å². The van der Waals surface area contributed by atoms with Gasteiger partial charge in [0.2, 0.25) is 5.91 Å². The first kappa shape index (κ1) is 12.8. The number of aromatic nitrogens is 1. The van der Waals surface area contributed by atoms with Gasteiger partial charge in [0, 0.05) is 31.0 Å². The summed E-state index contributed by atoms with van der Waals surface area (Å²) in [6, 6.07) is 12.0. The van der Waals surface area contributed by atoms with Crippen molar-refractivity contribution in [2.75, 3.05) is 13.1 Å². The third kappa shape index (κ3) is 2.70. The van der Waals surface area contributed by atoms with Crippen LogP contribution in [0.1, 0.15) is 5.56 Å². The zero-order chi connectivity index (χ0) is 13.8. The van der Waals surface area contributed by atoms with E-state index in [0.29, 0.717) is 13.0 Å². The molecule has 3 rings (SSSR count). The lowest BCUT2D eigenvalue weighted by Gasteiger charge is -2.24. The summed E-state index contributed by atoms with van der Waals surface area (Å²) >= 11 is 0. The average Bonchev–Trinajstić information content (AvgIpc) is 2.51. The van der Waals surface area contributed by atoms with Crippen molar-refractivity contribution in [1.82, 2.24) is 15.6 Å². The molecule has 4 heteroatoms. The number of carbonyl (C=O) groups is 1. The van der Waals surface area contributed by atoms with E-state index >= 15 is 0 Å². The molecule has 0 unspecified atom stereocenters. The zero-order valence-electron chi connectivity index (χ0n) is 11.2. The van der Waals surface area contributed by atoms with Gasteiger partial charge in [-0.15, -0.1) is 0 Å². The number of rotatable bonds is 3. The quantitative estimate of drug-likeness (QED) is 0.883. The number of nitrogens with zero attached hydrogens (tertiary/aromatic N) is 1. The molecule has 1 aromatic carbocycles. The summed E-state index contributed by atoms with van der Waals surface area (Å²) in [6.45, 7) is 1.53. The van der Waals surface area contributed by atoms with Crippen molar-refractivity contribution in [2.45, 2.75) is 12.5 Å². The summed E-state index contributed by atoms with van der Waals surface area (Å²) in [5.41, 5.74) is 3.38. The van der Waals surface area contributed by atoms with Crippen molar-refractivity contribution in [1.29, 1.82) is 0 Å². The summed E-state index contributed by atoms with van der Waals surface area (Å²) in [7, 11) is 0. The standard InChI is InChI=1S/C16H17N3O/c20-16-15(18-8-9-19-16)10-12-4-1-2-6-14(12)13-5-3-7-17-11-13/h1-7,11,15,18H,8-10H2,(H,19,20)/t15-/m1/s1. The van der Waals surface area contributed by atoms with E-state index in [1.165, 1.54) is 0 Å². The van der Waals surface area contributed by atoms with Crippen LogP contribution >= 0.6 is 0 Å². The lowest BCUT2D eigenvalue weighted by molar-refractivity contribution is -0.124. The van der Waals surface area contributed by atoms with E-state index in [-0.39, 0.29) is 11.9 Å². The Labute approximate surface area is 118 Å². The number of piperazine rings is 1. The largest absolute Gasteiger partial charge is 0.353 e. The second kappa shape index (κ2) is 5.84. The van der Waals surface area contributed by atoms with Crippen molar-refractivity contribution in [2.24, 2.45) is 0 Å². The zero-order valence-corrected chi connectivity index (χ0v) is 11.2. The Bertz CT molecular complexity index is 598. The molecule has 20 heavy (non-hydrogen) atoms. The third-order valence-electron chi connectivity index (χ3n) is 3.55. The van der Waals surface area contributed by atoms with E-state index in [4.69, 9.17) is 0 Å². The summed E-state index contributed by atoms with van der Waals surface area (Å²) in [5, 5.41) is 6.17. The molecule has 0 spiro atoms. The van der Waals surface area contributed by atoms with E-state index in [9.17, 15) is 4.79 Å². The van der Waals surface area contributed by atoms with E-state index < -0.39 is 0 Å². The fourth-order valence-electron chi connectivity index (χ4n) is 2.53. The van der Waals surface area contributed by atoms with Crippen LogP contribution in [-0.4, -0.2) is 30.0 Å². The van der Waals surface area contributed by atoms with Crippen molar-refractivity contribution < 1.29 is 4.79 Å². The normalized spacial score (nSPS) is 18.6. The van der Waals surface area contributed by atoms with Crippen LogP contribution in [0.2, 0.25) is 0 Å². The van der Waals surface area contributed by atoms with Gasteiger partial charge >= 0.3 is 0 Å². The maximum Gasteiger partial charge on any atom is 0.237 e. The first-order valence-electron chi connectivity index (χ1n) is 6.84. The second-order valence-electron chi connectivity index (χ2n) is 4.90. The van der Waals surface area contributed by atoms with Gasteiger partial charge in [-0.25, -0.2) is 0 Å². The fraction of sp³-hybridized carbons (Fsp3) is 0.250. The van der Waals surface area contributed by atoms with E-state index in [1.807, 2.05) is 30.5 Å². The summed E-state index contributed by atoms with van der Waals surface area (Å²) in [6.07, 6.45) is 4.31. The molecule has 2 N–H and O–H groups in total. The molecule has 2 heterocycles. The fourth-order valence-corrected chi connectivity index (χ4v) is 2.53. The minimum Gasteiger partial charge on any atom is -0.353 e. The molecule has 4 nitrogen and oxygen atoms in total. The van der Waals surface area contributed by atoms with E-state index in [0.717, 1.165) is 23.2 Å². The van der Waals surface area contributed by atoms with Crippen LogP contribution in [0.3, 0.4) is 0 Å². The number of hydrogen-bond donors (Lipinski definition) is 2. The van der Waals surface area contributed by atoms with Gasteiger partial charge in [-0.2, -0.15) is 0 Å². The van der Waals surface area contributed by atoms with Crippen LogP contribution in [-0.2, 0) is 11.2 Å². The smallest absolute Gasteiger partial charge is 0.237 e. The predicted octanol–water partition coefficient (Wildman–Crippen LogP) is 1.38. The Morgan fingerprint density at radius 3 is 2.85 bits per heavy atom. The van der Waals surface area contributed by atoms with E-state index in [2.05, 4.69) is 27.8 Å². The van der Waals surface area contributed by atoms with Gasteiger partial charge in [0.1, 0.15) is 0 Å². The summed E-state index contributed by atoms with van der Waals surface area (Å²) in [5.74, 6) is 0.0808. The Morgan fingerprint density at radius 1 is 1.15 bits per heavy atom. The topological polar surface area (TPSA) is 54.0 Å². The van der Waals surface area contributed by atoms with Crippen LogP contribution in [0.5, 0.6) is 0 Å². The van der Waals surface area contributed by atoms with Crippen LogP contribution in [0.4, 0.5) is 0 Å². The van der Waals surface area contributed by atoms with Gasteiger partial charge in [-0.3, -0.25) is 9.78 Å². The van der Waals surface area contributed by atoms with Gasteiger partial charge in [-0.1, -0.05) is 30.3 Å². The highest BCUT2D eigenvalue weighted by Gasteiger charge is 2.22. The minimum atomic E-state index is -0.151. The van der Waals surface area contributed by atoms with Gasteiger partial charge in [0.05, 0.1) is 6.04 Å². The number of hydrogen-bond acceptors (Lipinski definition) is 3.